The first-order valence-electron chi connectivity index (χ1n) is 6.71. The summed E-state index contributed by atoms with van der Waals surface area (Å²) in [6.45, 7) is 2.16. The normalized spacial score (nSPS) is 11.3. The van der Waals surface area contributed by atoms with E-state index in [2.05, 4.69) is 57.1 Å². The molecule has 0 amide bonds. The van der Waals surface area contributed by atoms with E-state index in [-0.39, 0.29) is 0 Å². The first-order valence-corrected chi connectivity index (χ1v) is 7.44. The van der Waals surface area contributed by atoms with E-state index >= 15 is 0 Å². The molecule has 0 radical (unpaired) electrons. The lowest BCUT2D eigenvalue weighted by Gasteiger charge is -2.09. The second-order valence-electron chi connectivity index (χ2n) is 5.10. The first-order chi connectivity index (χ1) is 10.3. The van der Waals surface area contributed by atoms with Crippen molar-refractivity contribution in [2.24, 2.45) is 7.05 Å². The predicted molar refractivity (Wildman–Crippen MR) is 84.1 cm³/mol. The highest BCUT2D eigenvalue weighted by atomic mass is 32.1. The minimum Gasteiger partial charge on any atom is -0.230 e. The Hall–Kier alpha value is -2.40. The summed E-state index contributed by atoms with van der Waals surface area (Å²) in [5.41, 5.74) is 5.07. The quantitative estimate of drug-likeness (QED) is 0.507. The van der Waals surface area contributed by atoms with Crippen LogP contribution in [0.1, 0.15) is 5.56 Å². The molecule has 4 aromatic rings. The van der Waals surface area contributed by atoms with Gasteiger partial charge in [0.25, 0.3) is 6.33 Å². The van der Waals surface area contributed by atoms with Crippen LogP contribution in [-0.2, 0) is 7.05 Å². The number of hydrogen-bond acceptors (Lipinski definition) is 4. The van der Waals surface area contributed by atoms with Gasteiger partial charge in [-0.05, 0) is 34.3 Å². The van der Waals surface area contributed by atoms with Gasteiger partial charge in [0.2, 0.25) is 0 Å². The van der Waals surface area contributed by atoms with Crippen molar-refractivity contribution in [1.29, 1.82) is 0 Å². The van der Waals surface area contributed by atoms with Crippen LogP contribution in [0.3, 0.4) is 0 Å². The topological polar surface area (TPSA) is 42.6 Å². The van der Waals surface area contributed by atoms with Crippen LogP contribution in [0.2, 0.25) is 0 Å². The molecule has 0 aliphatic carbocycles. The third kappa shape index (κ3) is 1.81. The summed E-state index contributed by atoms with van der Waals surface area (Å²) >= 11 is 1.20. The van der Waals surface area contributed by atoms with Crippen LogP contribution < -0.4 is 4.57 Å². The minimum atomic E-state index is 0.709. The lowest BCUT2D eigenvalue weighted by atomic mass is 9.97. The van der Waals surface area contributed by atoms with Gasteiger partial charge in [-0.25, -0.2) is 4.57 Å². The fourth-order valence-electron chi connectivity index (χ4n) is 2.79. The lowest BCUT2D eigenvalue weighted by molar-refractivity contribution is -0.662. The summed E-state index contributed by atoms with van der Waals surface area (Å²) in [6.07, 6.45) is 1.80. The third-order valence-corrected chi connectivity index (χ3v) is 4.37. The highest BCUT2D eigenvalue weighted by Crippen LogP contribution is 2.30. The molecule has 5 heteroatoms. The Kier molecular flexibility index (Phi) is 2.68. The molecule has 0 fully saturated rings. The third-order valence-electron chi connectivity index (χ3n) is 3.85. The van der Waals surface area contributed by atoms with Crippen molar-refractivity contribution in [2.45, 2.75) is 6.92 Å². The summed E-state index contributed by atoms with van der Waals surface area (Å²) in [4.78, 5) is 4.32. The van der Waals surface area contributed by atoms with Gasteiger partial charge in [0.1, 0.15) is 0 Å². The average Bonchev–Trinajstić information content (AvgIpc) is 2.97. The Balaban J connectivity index is 2.11. The lowest BCUT2D eigenvalue weighted by Crippen LogP contribution is -2.31. The predicted octanol–water partition coefficient (Wildman–Crippen LogP) is 3.04. The summed E-state index contributed by atoms with van der Waals surface area (Å²) in [7, 11) is 2.00. The van der Waals surface area contributed by atoms with Crippen LogP contribution in [0.4, 0.5) is 0 Å². The van der Waals surface area contributed by atoms with E-state index in [1.165, 1.54) is 33.6 Å². The molecule has 2 heterocycles. The smallest absolute Gasteiger partial charge is 0.230 e. The van der Waals surface area contributed by atoms with Crippen molar-refractivity contribution >= 4 is 33.7 Å². The van der Waals surface area contributed by atoms with E-state index in [0.717, 1.165) is 11.2 Å². The maximum absolute atomic E-state index is 4.42. The molecule has 0 bridgehead atoms. The highest BCUT2D eigenvalue weighted by molar-refractivity contribution is 7.00. The zero-order valence-electron chi connectivity index (χ0n) is 11.7. The number of hydrogen-bond donors (Lipinski definition) is 0. The van der Waals surface area contributed by atoms with Crippen molar-refractivity contribution in [3.63, 3.8) is 0 Å². The molecule has 0 aliphatic rings. The Morgan fingerprint density at radius 3 is 2.81 bits per heavy atom. The Bertz CT molecular complexity index is 975. The number of benzene rings is 2. The number of aromatic nitrogens is 4. The van der Waals surface area contributed by atoms with E-state index in [9.17, 15) is 0 Å². The zero-order chi connectivity index (χ0) is 14.4. The molecule has 0 N–H and O–H groups in total. The monoisotopic (exact) mass is 293 g/mol. The maximum atomic E-state index is 4.42. The van der Waals surface area contributed by atoms with Crippen LogP contribution in [-0.4, -0.2) is 13.7 Å². The van der Waals surface area contributed by atoms with Gasteiger partial charge in [-0.1, -0.05) is 30.3 Å². The standard InChI is InChI=1S/C16H13N4S/c1-10-12-6-4-3-5-11(12)7-8-13(10)15-14-16(19-21-18-14)17-9-20(15)2/h3-9H,1-2H3/q+1. The Morgan fingerprint density at radius 2 is 1.90 bits per heavy atom. The van der Waals surface area contributed by atoms with Gasteiger partial charge in [-0.15, -0.1) is 4.37 Å². The van der Waals surface area contributed by atoms with Gasteiger partial charge in [-0.3, -0.25) is 0 Å². The van der Waals surface area contributed by atoms with Crippen molar-refractivity contribution in [1.82, 2.24) is 13.7 Å². The van der Waals surface area contributed by atoms with Gasteiger partial charge in [0.05, 0.1) is 18.8 Å². The van der Waals surface area contributed by atoms with Gasteiger partial charge in [0.15, 0.2) is 11.2 Å². The number of rotatable bonds is 1. The van der Waals surface area contributed by atoms with Gasteiger partial charge >= 0.3 is 5.65 Å². The second kappa shape index (κ2) is 4.56. The Morgan fingerprint density at radius 1 is 1.05 bits per heavy atom. The maximum Gasteiger partial charge on any atom is 0.309 e. The Labute approximate surface area is 126 Å². The highest BCUT2D eigenvalue weighted by Gasteiger charge is 2.20. The molecule has 0 spiro atoms. The molecule has 2 aromatic heterocycles. The van der Waals surface area contributed by atoms with E-state index in [4.69, 9.17) is 0 Å². The minimum absolute atomic E-state index is 0.709. The molecule has 0 unspecified atom stereocenters. The van der Waals surface area contributed by atoms with Crippen molar-refractivity contribution in [3.8, 4) is 11.3 Å². The van der Waals surface area contributed by atoms with Crippen molar-refractivity contribution in [3.05, 3.63) is 48.3 Å². The van der Waals surface area contributed by atoms with Crippen LogP contribution in [0.25, 0.3) is 33.2 Å². The molecule has 4 rings (SSSR count). The first kappa shape index (κ1) is 12.3. The number of fused-ring (bicyclic) bond motifs is 2. The van der Waals surface area contributed by atoms with Crippen molar-refractivity contribution < 1.29 is 4.57 Å². The largest absolute Gasteiger partial charge is 0.309 e. The fraction of sp³-hybridized carbons (Fsp3) is 0.125. The summed E-state index contributed by atoms with van der Waals surface area (Å²) in [6, 6.07) is 12.8. The second-order valence-corrected chi connectivity index (χ2v) is 5.63. The molecule has 2 aromatic carbocycles. The molecular formula is C16H13N4S+. The van der Waals surface area contributed by atoms with Crippen LogP contribution in [0, 0.1) is 6.92 Å². The SMILES string of the molecule is Cc1c(-c2c3nsnc3nc[n+]2C)ccc2ccccc12. The van der Waals surface area contributed by atoms with Crippen LogP contribution in [0.5, 0.6) is 0 Å². The van der Waals surface area contributed by atoms with Gasteiger partial charge in [0, 0.05) is 5.56 Å². The number of aryl methyl sites for hydroxylation is 2. The molecule has 0 saturated carbocycles. The zero-order valence-corrected chi connectivity index (χ0v) is 12.6. The molecule has 0 aliphatic heterocycles. The molecule has 0 atom stereocenters. The molecule has 0 saturated heterocycles. The van der Waals surface area contributed by atoms with Crippen LogP contribution in [0.15, 0.2) is 42.7 Å². The van der Waals surface area contributed by atoms with E-state index in [1.807, 2.05) is 11.6 Å². The van der Waals surface area contributed by atoms with E-state index in [1.54, 1.807) is 6.33 Å². The number of nitrogens with zero attached hydrogens (tertiary/aromatic N) is 4. The fourth-order valence-corrected chi connectivity index (χ4v) is 3.29. The molecule has 102 valence electrons. The molecule has 4 nitrogen and oxygen atoms in total. The van der Waals surface area contributed by atoms with Crippen LogP contribution >= 0.6 is 11.7 Å². The van der Waals surface area contributed by atoms with E-state index < -0.39 is 0 Å². The summed E-state index contributed by atoms with van der Waals surface area (Å²) in [5.74, 6) is 0. The van der Waals surface area contributed by atoms with Gasteiger partial charge in [-0.2, -0.15) is 4.37 Å². The summed E-state index contributed by atoms with van der Waals surface area (Å²) in [5, 5.41) is 2.52. The molecular weight excluding hydrogens is 280 g/mol. The van der Waals surface area contributed by atoms with E-state index in [0.29, 0.717) is 5.65 Å². The van der Waals surface area contributed by atoms with Gasteiger partial charge < -0.3 is 0 Å². The van der Waals surface area contributed by atoms with Crippen molar-refractivity contribution in [2.75, 3.05) is 0 Å². The molecule has 21 heavy (non-hydrogen) atoms. The summed E-state index contributed by atoms with van der Waals surface area (Å²) < 4.78 is 10.7. The average molecular weight is 293 g/mol.